The van der Waals surface area contributed by atoms with Gasteiger partial charge in [-0.1, -0.05) is 29.3 Å². The van der Waals surface area contributed by atoms with Crippen LogP contribution in [0.4, 0.5) is 10.5 Å². The maximum Gasteiger partial charge on any atom is 0.321 e. The summed E-state index contributed by atoms with van der Waals surface area (Å²) in [5.41, 5.74) is 6.35. The van der Waals surface area contributed by atoms with Gasteiger partial charge in [-0.25, -0.2) is 4.79 Å². The number of benzene rings is 2. The molecule has 0 aromatic heterocycles. The van der Waals surface area contributed by atoms with Crippen LogP contribution in [-0.2, 0) is 12.0 Å². The topological polar surface area (TPSA) is 44.8 Å². The number of aryl methyl sites for hydroxylation is 2. The van der Waals surface area contributed by atoms with Crippen molar-refractivity contribution in [2.75, 3.05) is 38.2 Å². The van der Waals surface area contributed by atoms with Gasteiger partial charge in [-0.15, -0.1) is 0 Å². The molecule has 0 atom stereocenters. The van der Waals surface area contributed by atoms with E-state index in [0.29, 0.717) is 6.54 Å². The minimum absolute atomic E-state index is 0.00143. The van der Waals surface area contributed by atoms with Crippen molar-refractivity contribution in [1.29, 1.82) is 0 Å². The lowest BCUT2D eigenvalue weighted by Crippen LogP contribution is -2.47. The molecule has 2 aliphatic heterocycles. The Hall–Kier alpha value is -2.53. The van der Waals surface area contributed by atoms with Crippen LogP contribution in [0.25, 0.3) is 0 Å². The largest absolute Gasteiger partial charge is 0.497 e. The molecule has 0 aliphatic carbocycles. The number of urea groups is 1. The van der Waals surface area contributed by atoms with Crippen LogP contribution in [0, 0.1) is 13.8 Å². The Morgan fingerprint density at radius 3 is 2.43 bits per heavy atom. The Labute approximate surface area is 180 Å². The molecule has 30 heavy (non-hydrogen) atoms. The first-order valence-electron chi connectivity index (χ1n) is 11.0. The molecular weight excluding hydrogens is 374 g/mol. The van der Waals surface area contributed by atoms with Crippen molar-refractivity contribution < 1.29 is 9.53 Å². The van der Waals surface area contributed by atoms with E-state index in [1.807, 2.05) is 24.0 Å². The van der Waals surface area contributed by atoms with Crippen LogP contribution in [0.1, 0.15) is 42.0 Å². The number of hydrogen-bond acceptors (Lipinski definition) is 3. The number of amides is 2. The number of methoxy groups -OCH3 is 1. The molecule has 2 aromatic carbocycles. The number of piperidine rings is 1. The molecule has 160 valence electrons. The van der Waals surface area contributed by atoms with Gasteiger partial charge in [0.1, 0.15) is 5.75 Å². The molecule has 5 nitrogen and oxygen atoms in total. The summed E-state index contributed by atoms with van der Waals surface area (Å²) >= 11 is 0. The van der Waals surface area contributed by atoms with E-state index in [4.69, 9.17) is 4.74 Å². The second-order valence-electron chi connectivity index (χ2n) is 8.86. The van der Waals surface area contributed by atoms with Crippen LogP contribution in [0.3, 0.4) is 0 Å². The predicted molar refractivity (Wildman–Crippen MR) is 122 cm³/mol. The van der Waals surface area contributed by atoms with Crippen LogP contribution in [0.15, 0.2) is 36.4 Å². The van der Waals surface area contributed by atoms with Crippen LogP contribution in [-0.4, -0.2) is 44.2 Å². The van der Waals surface area contributed by atoms with Gasteiger partial charge in [0.2, 0.25) is 0 Å². The van der Waals surface area contributed by atoms with Crippen LogP contribution >= 0.6 is 0 Å². The van der Waals surface area contributed by atoms with E-state index in [2.05, 4.69) is 48.3 Å². The highest BCUT2D eigenvalue weighted by Gasteiger charge is 2.46. The number of nitrogens with zero attached hydrogens (tertiary/aromatic N) is 2. The van der Waals surface area contributed by atoms with Gasteiger partial charge in [0, 0.05) is 30.7 Å². The zero-order valence-electron chi connectivity index (χ0n) is 18.6. The average molecular weight is 408 g/mol. The molecule has 0 unspecified atom stereocenters. The van der Waals surface area contributed by atoms with Crippen molar-refractivity contribution >= 4 is 11.7 Å². The first-order valence-corrected chi connectivity index (χ1v) is 11.0. The van der Waals surface area contributed by atoms with Gasteiger partial charge in [-0.2, -0.15) is 0 Å². The third-order valence-electron chi connectivity index (χ3n) is 6.60. The Balaban J connectivity index is 1.54. The molecule has 1 N–H and O–H groups in total. The zero-order chi connectivity index (χ0) is 21.3. The summed E-state index contributed by atoms with van der Waals surface area (Å²) in [6.07, 6.45) is 2.10. The van der Waals surface area contributed by atoms with E-state index in [1.54, 1.807) is 7.11 Å². The van der Waals surface area contributed by atoms with Gasteiger partial charge in [-0.05, 0) is 76.0 Å². The fourth-order valence-electron chi connectivity index (χ4n) is 5.19. The molecular formula is C25H33N3O2. The highest BCUT2D eigenvalue weighted by Crippen LogP contribution is 2.48. The normalized spacial score (nSPS) is 17.8. The Bertz CT molecular complexity index is 912. The summed E-state index contributed by atoms with van der Waals surface area (Å²) in [4.78, 5) is 17.2. The van der Waals surface area contributed by atoms with E-state index in [-0.39, 0.29) is 11.4 Å². The number of carbonyl (C=O) groups excluding carboxylic acids is 1. The molecule has 2 aromatic rings. The Kier molecular flexibility index (Phi) is 5.74. The summed E-state index contributed by atoms with van der Waals surface area (Å²) in [6, 6.07) is 13.0. The number of carbonyl (C=O) groups is 1. The van der Waals surface area contributed by atoms with Crippen molar-refractivity contribution in [1.82, 2.24) is 10.2 Å². The molecule has 0 radical (unpaired) electrons. The maximum atomic E-state index is 12.7. The maximum absolute atomic E-state index is 12.7. The smallest absolute Gasteiger partial charge is 0.321 e. The molecule has 1 saturated heterocycles. The van der Waals surface area contributed by atoms with Gasteiger partial charge in [0.15, 0.2) is 0 Å². The number of anilines is 1. The fourth-order valence-corrected chi connectivity index (χ4v) is 5.19. The minimum Gasteiger partial charge on any atom is -0.497 e. The standard InChI is InChI=1S/C25H33N3O2/c1-5-26-24(29)28-17-25(22-15-21(30-4)6-7-23(22)28)8-10-27(11-9-25)16-20-13-18(2)12-19(3)14-20/h6-7,12-15H,5,8-11,16-17H2,1-4H3,(H,26,29). The number of rotatable bonds is 4. The lowest BCUT2D eigenvalue weighted by molar-refractivity contribution is 0.159. The number of likely N-dealkylation sites (tertiary alicyclic amines) is 1. The van der Waals surface area contributed by atoms with Gasteiger partial charge < -0.3 is 10.1 Å². The molecule has 4 rings (SSSR count). The molecule has 1 fully saturated rings. The van der Waals surface area contributed by atoms with Crippen molar-refractivity contribution in [3.05, 3.63) is 58.7 Å². The summed E-state index contributed by atoms with van der Waals surface area (Å²) in [6.45, 7) is 10.7. The van der Waals surface area contributed by atoms with E-state index in [0.717, 1.165) is 50.5 Å². The van der Waals surface area contributed by atoms with Gasteiger partial charge >= 0.3 is 6.03 Å². The second-order valence-corrected chi connectivity index (χ2v) is 8.86. The minimum atomic E-state index is -0.00143. The van der Waals surface area contributed by atoms with E-state index in [1.165, 1.54) is 22.3 Å². The molecule has 2 heterocycles. The summed E-state index contributed by atoms with van der Waals surface area (Å²) in [7, 11) is 1.71. The summed E-state index contributed by atoms with van der Waals surface area (Å²) in [5.74, 6) is 0.864. The van der Waals surface area contributed by atoms with Crippen molar-refractivity contribution in [3.8, 4) is 5.75 Å². The third kappa shape index (κ3) is 3.91. The van der Waals surface area contributed by atoms with Gasteiger partial charge in [-0.3, -0.25) is 9.80 Å². The molecule has 0 bridgehead atoms. The SMILES string of the molecule is CCNC(=O)N1CC2(CCN(Cc3cc(C)cc(C)c3)CC2)c2cc(OC)ccc21. The third-order valence-corrected chi connectivity index (χ3v) is 6.60. The molecule has 0 saturated carbocycles. The van der Waals surface area contributed by atoms with Crippen LogP contribution in [0.5, 0.6) is 5.75 Å². The lowest BCUT2D eigenvalue weighted by atomic mass is 9.74. The summed E-state index contributed by atoms with van der Waals surface area (Å²) in [5, 5.41) is 2.98. The molecule has 2 aliphatic rings. The second kappa shape index (κ2) is 8.31. The monoisotopic (exact) mass is 407 g/mol. The van der Waals surface area contributed by atoms with Crippen molar-refractivity contribution in [2.24, 2.45) is 0 Å². The van der Waals surface area contributed by atoms with Crippen molar-refractivity contribution in [3.63, 3.8) is 0 Å². The predicted octanol–water partition coefficient (Wildman–Crippen LogP) is 4.40. The van der Waals surface area contributed by atoms with Crippen molar-refractivity contribution in [2.45, 2.75) is 45.6 Å². The average Bonchev–Trinajstić information content (AvgIpc) is 3.03. The highest BCUT2D eigenvalue weighted by molar-refractivity contribution is 5.95. The van der Waals surface area contributed by atoms with Crippen LogP contribution < -0.4 is 15.0 Å². The number of nitrogens with one attached hydrogen (secondary N) is 1. The molecule has 5 heteroatoms. The highest BCUT2D eigenvalue weighted by atomic mass is 16.5. The van der Waals surface area contributed by atoms with Gasteiger partial charge in [0.05, 0.1) is 7.11 Å². The van der Waals surface area contributed by atoms with Gasteiger partial charge in [0.25, 0.3) is 0 Å². The van der Waals surface area contributed by atoms with Crippen LogP contribution in [0.2, 0.25) is 0 Å². The quantitative estimate of drug-likeness (QED) is 0.817. The Morgan fingerprint density at radius 1 is 1.10 bits per heavy atom. The number of fused-ring (bicyclic) bond motifs is 2. The lowest BCUT2D eigenvalue weighted by Gasteiger charge is -2.40. The molecule has 1 spiro atoms. The van der Waals surface area contributed by atoms with E-state index >= 15 is 0 Å². The zero-order valence-corrected chi connectivity index (χ0v) is 18.6. The Morgan fingerprint density at radius 2 is 1.80 bits per heavy atom. The molecule has 2 amide bonds. The number of ether oxygens (including phenoxy) is 1. The van der Waals surface area contributed by atoms with E-state index in [9.17, 15) is 4.79 Å². The summed E-state index contributed by atoms with van der Waals surface area (Å²) < 4.78 is 5.51. The first kappa shape index (κ1) is 20.7. The first-order chi connectivity index (χ1) is 14.4. The fraction of sp³-hybridized carbons (Fsp3) is 0.480. The number of hydrogen-bond donors (Lipinski definition) is 1. The van der Waals surface area contributed by atoms with E-state index < -0.39 is 0 Å².